The van der Waals surface area contributed by atoms with Gasteiger partial charge in [0.2, 0.25) is 5.95 Å². The van der Waals surface area contributed by atoms with E-state index >= 15 is 0 Å². The first kappa shape index (κ1) is 25.6. The summed E-state index contributed by atoms with van der Waals surface area (Å²) in [5, 5.41) is 8.18. The van der Waals surface area contributed by atoms with Crippen molar-refractivity contribution >= 4 is 22.7 Å². The summed E-state index contributed by atoms with van der Waals surface area (Å²) >= 11 is 0. The molecule has 4 heterocycles. The van der Waals surface area contributed by atoms with E-state index in [0.29, 0.717) is 28.7 Å². The van der Waals surface area contributed by atoms with Crippen LogP contribution in [0.2, 0.25) is 0 Å². The monoisotopic (exact) mass is 514 g/mol. The Hall–Kier alpha value is -4.05. The number of likely N-dealkylation sites (tertiary alicyclic amines) is 1. The number of fused-ring (bicyclic) bond motifs is 1. The summed E-state index contributed by atoms with van der Waals surface area (Å²) in [4.78, 5) is 37.0. The van der Waals surface area contributed by atoms with Gasteiger partial charge in [0.05, 0.1) is 12.6 Å². The fourth-order valence-electron chi connectivity index (χ4n) is 5.17. The number of hydrogen-bond donors (Lipinski definition) is 1. The number of allylic oxidation sites excluding steroid dienone is 1. The summed E-state index contributed by atoms with van der Waals surface area (Å²) in [5.41, 5.74) is 3.43. The molecule has 10 nitrogen and oxygen atoms in total. The van der Waals surface area contributed by atoms with Crippen LogP contribution in [-0.2, 0) is 6.54 Å². The zero-order valence-electron chi connectivity index (χ0n) is 22.4. The second-order valence-corrected chi connectivity index (χ2v) is 10.3. The van der Waals surface area contributed by atoms with Gasteiger partial charge >= 0.3 is 0 Å². The van der Waals surface area contributed by atoms with Crippen LogP contribution >= 0.6 is 0 Å². The van der Waals surface area contributed by atoms with Crippen LogP contribution in [0, 0.1) is 6.92 Å². The van der Waals surface area contributed by atoms with E-state index in [9.17, 15) is 9.59 Å². The Morgan fingerprint density at radius 2 is 1.92 bits per heavy atom. The van der Waals surface area contributed by atoms with E-state index in [4.69, 9.17) is 4.98 Å². The van der Waals surface area contributed by atoms with E-state index < -0.39 is 0 Å². The molecule has 10 heteroatoms. The van der Waals surface area contributed by atoms with Crippen LogP contribution in [0.3, 0.4) is 0 Å². The van der Waals surface area contributed by atoms with Gasteiger partial charge in [0.15, 0.2) is 11.5 Å². The molecule has 0 bridgehead atoms. The molecule has 0 saturated carbocycles. The first-order chi connectivity index (χ1) is 18.3. The first-order valence-electron chi connectivity index (χ1n) is 13.0. The molecule has 1 aliphatic heterocycles. The van der Waals surface area contributed by atoms with Gasteiger partial charge in [0.1, 0.15) is 5.39 Å². The van der Waals surface area contributed by atoms with Crippen molar-refractivity contribution in [2.75, 3.05) is 25.5 Å². The minimum atomic E-state index is -0.256. The molecule has 1 aromatic carbocycles. The number of piperidine rings is 1. The summed E-state index contributed by atoms with van der Waals surface area (Å²) in [7, 11) is 2.18. The Bertz CT molecular complexity index is 1610. The van der Waals surface area contributed by atoms with Gasteiger partial charge in [-0.3, -0.25) is 9.59 Å². The summed E-state index contributed by atoms with van der Waals surface area (Å²) < 4.78 is 4.51. The van der Waals surface area contributed by atoms with Crippen molar-refractivity contribution in [2.24, 2.45) is 0 Å². The minimum absolute atomic E-state index is 0.142. The maximum atomic E-state index is 13.2. The molecule has 0 spiro atoms. The van der Waals surface area contributed by atoms with Gasteiger partial charge < -0.3 is 10.2 Å². The topological polar surface area (TPSA) is 103 Å². The molecule has 0 unspecified atom stereocenters. The maximum absolute atomic E-state index is 13.2. The van der Waals surface area contributed by atoms with E-state index in [2.05, 4.69) is 59.0 Å². The smallest absolute Gasteiger partial charge is 0.278 e. The normalized spacial score (nSPS) is 14.9. The molecule has 0 atom stereocenters. The molecular formula is C28H34N8O2. The van der Waals surface area contributed by atoms with Crippen molar-refractivity contribution in [2.45, 2.75) is 52.1 Å². The lowest BCUT2D eigenvalue weighted by molar-refractivity contribution is 0.255. The van der Waals surface area contributed by atoms with Crippen molar-refractivity contribution in [3.63, 3.8) is 0 Å². The molecule has 0 radical (unpaired) electrons. The molecule has 0 amide bonds. The molecule has 198 valence electrons. The average Bonchev–Trinajstić information content (AvgIpc) is 3.16. The Balaban J connectivity index is 1.53. The highest BCUT2D eigenvalue weighted by Gasteiger charge is 2.21. The summed E-state index contributed by atoms with van der Waals surface area (Å²) in [6, 6.07) is 9.28. The van der Waals surface area contributed by atoms with Crippen LogP contribution in [0.15, 0.2) is 58.8 Å². The van der Waals surface area contributed by atoms with Crippen molar-refractivity contribution < 1.29 is 0 Å². The fraction of sp³-hybridized carbons (Fsp3) is 0.393. The lowest BCUT2D eigenvalue weighted by atomic mass is 9.87. The Kier molecular flexibility index (Phi) is 6.98. The summed E-state index contributed by atoms with van der Waals surface area (Å²) in [5.74, 6) is 1.36. The van der Waals surface area contributed by atoms with Crippen molar-refractivity contribution in [1.29, 1.82) is 0 Å². The lowest BCUT2D eigenvalue weighted by Crippen LogP contribution is -2.29. The molecule has 3 aromatic heterocycles. The predicted molar refractivity (Wildman–Crippen MR) is 150 cm³/mol. The number of aryl methyl sites for hydroxylation is 1. The lowest BCUT2D eigenvalue weighted by Gasteiger charge is -2.30. The Morgan fingerprint density at radius 1 is 1.16 bits per heavy atom. The second-order valence-electron chi connectivity index (χ2n) is 10.3. The quantitative estimate of drug-likeness (QED) is 0.375. The number of benzene rings is 1. The van der Waals surface area contributed by atoms with Crippen LogP contribution in [-0.4, -0.2) is 54.1 Å². The number of nitrogens with zero attached hydrogens (tertiary/aromatic N) is 7. The van der Waals surface area contributed by atoms with Gasteiger partial charge in [-0.05, 0) is 89.0 Å². The average molecular weight is 515 g/mol. The van der Waals surface area contributed by atoms with E-state index in [1.807, 2.05) is 13.8 Å². The molecule has 1 fully saturated rings. The highest BCUT2D eigenvalue weighted by Crippen LogP contribution is 2.31. The van der Waals surface area contributed by atoms with Crippen LogP contribution in [0.25, 0.3) is 16.9 Å². The molecule has 4 aromatic rings. The fourth-order valence-corrected chi connectivity index (χ4v) is 5.17. The molecule has 1 N–H and O–H groups in total. The van der Waals surface area contributed by atoms with Gasteiger partial charge in [-0.25, -0.2) is 19.0 Å². The molecule has 38 heavy (non-hydrogen) atoms. The van der Waals surface area contributed by atoms with Crippen molar-refractivity contribution in [3.05, 3.63) is 81.0 Å². The maximum Gasteiger partial charge on any atom is 0.278 e. The van der Waals surface area contributed by atoms with E-state index in [1.165, 1.54) is 45.6 Å². The molecule has 1 aliphatic rings. The number of aromatic nitrogens is 6. The van der Waals surface area contributed by atoms with Crippen LogP contribution < -0.4 is 16.4 Å². The predicted octanol–water partition coefficient (Wildman–Crippen LogP) is 3.77. The standard InChI is InChI=1S/C28H34N8O2/c1-6-13-34-27(38)23-17-29-28(31-26(23)36(34)24-9-10-25(37)35(32-24)18(2)3)30-21-7-8-22(19(4)16-21)20-11-14-33(5)15-12-20/h6-10,16-18,20H,1,11-15H2,2-5H3,(H,29,30,31). The first-order valence-corrected chi connectivity index (χ1v) is 13.0. The second kappa shape index (κ2) is 10.4. The van der Waals surface area contributed by atoms with Gasteiger partial charge in [-0.2, -0.15) is 4.98 Å². The Morgan fingerprint density at radius 3 is 2.61 bits per heavy atom. The minimum Gasteiger partial charge on any atom is -0.324 e. The van der Waals surface area contributed by atoms with Gasteiger partial charge in [0, 0.05) is 18.0 Å². The van der Waals surface area contributed by atoms with E-state index in [1.54, 1.807) is 16.8 Å². The van der Waals surface area contributed by atoms with Crippen LogP contribution in [0.5, 0.6) is 0 Å². The largest absolute Gasteiger partial charge is 0.324 e. The van der Waals surface area contributed by atoms with Crippen molar-refractivity contribution in [1.82, 2.24) is 34.0 Å². The Labute approximate surface area is 221 Å². The third kappa shape index (κ3) is 4.79. The molecule has 0 aliphatic carbocycles. The third-order valence-electron chi connectivity index (χ3n) is 7.18. The molecular weight excluding hydrogens is 480 g/mol. The van der Waals surface area contributed by atoms with E-state index in [-0.39, 0.29) is 23.7 Å². The van der Waals surface area contributed by atoms with Gasteiger partial charge in [-0.15, -0.1) is 11.7 Å². The zero-order valence-corrected chi connectivity index (χ0v) is 22.4. The number of rotatable bonds is 7. The van der Waals surface area contributed by atoms with Crippen molar-refractivity contribution in [3.8, 4) is 5.82 Å². The number of nitrogens with one attached hydrogen (secondary N) is 1. The van der Waals surface area contributed by atoms with Gasteiger partial charge in [0.25, 0.3) is 11.1 Å². The van der Waals surface area contributed by atoms with E-state index in [0.717, 1.165) is 18.8 Å². The zero-order chi connectivity index (χ0) is 27.0. The highest BCUT2D eigenvalue weighted by molar-refractivity contribution is 5.77. The molecule has 1 saturated heterocycles. The van der Waals surface area contributed by atoms with Crippen LogP contribution in [0.1, 0.15) is 49.8 Å². The number of hydrogen-bond acceptors (Lipinski definition) is 7. The van der Waals surface area contributed by atoms with Crippen LogP contribution in [0.4, 0.5) is 11.6 Å². The van der Waals surface area contributed by atoms with Gasteiger partial charge in [-0.1, -0.05) is 12.1 Å². The third-order valence-corrected chi connectivity index (χ3v) is 7.18. The SMILES string of the molecule is C=CCn1c(=O)c2cnc(Nc3ccc(C4CCN(C)CC4)c(C)c3)nc2n1-c1ccc(=O)n(C(C)C)n1. The highest BCUT2D eigenvalue weighted by atomic mass is 16.1. The summed E-state index contributed by atoms with van der Waals surface area (Å²) in [6.45, 7) is 12.2. The molecule has 5 rings (SSSR count). The number of anilines is 2. The summed E-state index contributed by atoms with van der Waals surface area (Å²) in [6.07, 6.45) is 5.50.